The fraction of sp³-hybridized carbons (Fsp3) is 0.250. The molecule has 0 fully saturated rings. The van der Waals surface area contributed by atoms with Crippen LogP contribution in [0.4, 0.5) is 0 Å². The van der Waals surface area contributed by atoms with Crippen LogP contribution < -0.4 is 5.32 Å². The van der Waals surface area contributed by atoms with Crippen molar-refractivity contribution in [2.75, 3.05) is 0 Å². The first-order valence-electron chi connectivity index (χ1n) is 7.83. The number of nitrogens with one attached hydrogen (secondary N) is 1. The van der Waals surface area contributed by atoms with Gasteiger partial charge in [-0.1, -0.05) is 36.4 Å². The number of rotatable bonds is 3. The molecule has 3 rings (SSSR count). The van der Waals surface area contributed by atoms with Gasteiger partial charge in [-0.15, -0.1) is 0 Å². The van der Waals surface area contributed by atoms with E-state index >= 15 is 0 Å². The zero-order chi connectivity index (χ0) is 16.6. The predicted molar refractivity (Wildman–Crippen MR) is 92.7 cm³/mol. The van der Waals surface area contributed by atoms with E-state index in [1.165, 1.54) is 10.8 Å². The lowest BCUT2D eigenvalue weighted by molar-refractivity contribution is 0.0938. The first kappa shape index (κ1) is 15.3. The van der Waals surface area contributed by atoms with E-state index in [9.17, 15) is 4.79 Å². The maximum Gasteiger partial charge on any atom is 0.255 e. The molecule has 1 atom stereocenters. The Hall–Kier alpha value is -2.55. The second-order valence-electron chi connectivity index (χ2n) is 6.02. The lowest BCUT2D eigenvalue weighted by atomic mass is 10.0. The van der Waals surface area contributed by atoms with E-state index in [0.717, 1.165) is 16.9 Å². The van der Waals surface area contributed by atoms with Gasteiger partial charge in [0.2, 0.25) is 0 Å². The maximum absolute atomic E-state index is 12.6. The van der Waals surface area contributed by atoms with Gasteiger partial charge in [0, 0.05) is 5.56 Å². The Morgan fingerprint density at radius 2 is 1.70 bits per heavy atom. The molecule has 3 heteroatoms. The van der Waals surface area contributed by atoms with Crippen molar-refractivity contribution < 1.29 is 9.21 Å². The molecule has 1 N–H and O–H groups in total. The summed E-state index contributed by atoms with van der Waals surface area (Å²) in [6, 6.07) is 14.4. The first-order valence-corrected chi connectivity index (χ1v) is 7.83. The van der Waals surface area contributed by atoms with E-state index in [1.807, 2.05) is 39.8 Å². The highest BCUT2D eigenvalue weighted by Crippen LogP contribution is 2.23. The third-order valence-corrected chi connectivity index (χ3v) is 4.41. The minimum Gasteiger partial charge on any atom is -0.466 e. The molecule has 1 unspecified atom stereocenters. The van der Waals surface area contributed by atoms with Crippen LogP contribution in [-0.2, 0) is 0 Å². The van der Waals surface area contributed by atoms with Crippen molar-refractivity contribution in [3.8, 4) is 0 Å². The molecule has 1 amide bonds. The van der Waals surface area contributed by atoms with Gasteiger partial charge in [-0.2, -0.15) is 0 Å². The standard InChI is InChI=1S/C20H21NO2/c1-12-14(3)23-15(4)19(12)20(22)21-13(2)17-10-9-16-7-5-6-8-18(16)11-17/h5-11,13H,1-4H3,(H,21,22). The molecule has 23 heavy (non-hydrogen) atoms. The molecule has 1 aromatic heterocycles. The largest absolute Gasteiger partial charge is 0.466 e. The summed E-state index contributed by atoms with van der Waals surface area (Å²) in [7, 11) is 0. The van der Waals surface area contributed by atoms with Crippen LogP contribution in [0.25, 0.3) is 10.8 Å². The van der Waals surface area contributed by atoms with E-state index in [4.69, 9.17) is 4.42 Å². The molecule has 3 aromatic rings. The Morgan fingerprint density at radius 3 is 2.35 bits per heavy atom. The van der Waals surface area contributed by atoms with Crippen molar-refractivity contribution in [2.24, 2.45) is 0 Å². The molecular formula is C20H21NO2. The molecule has 0 aliphatic rings. The van der Waals surface area contributed by atoms with Gasteiger partial charge < -0.3 is 9.73 Å². The van der Waals surface area contributed by atoms with Gasteiger partial charge in [-0.3, -0.25) is 4.79 Å². The van der Waals surface area contributed by atoms with E-state index in [2.05, 4.69) is 35.6 Å². The Bertz CT molecular complexity index is 876. The fourth-order valence-corrected chi connectivity index (χ4v) is 2.96. The average molecular weight is 307 g/mol. The van der Waals surface area contributed by atoms with Crippen LogP contribution in [0, 0.1) is 20.8 Å². The number of benzene rings is 2. The Labute approximate surface area is 136 Å². The number of aryl methyl sites for hydroxylation is 2. The van der Waals surface area contributed by atoms with Gasteiger partial charge in [0.1, 0.15) is 11.5 Å². The summed E-state index contributed by atoms with van der Waals surface area (Å²) in [4.78, 5) is 12.6. The Kier molecular flexibility index (Phi) is 3.95. The predicted octanol–water partition coefficient (Wildman–Crippen LogP) is 4.85. The third kappa shape index (κ3) is 2.87. The lowest BCUT2D eigenvalue weighted by Crippen LogP contribution is -2.27. The van der Waals surface area contributed by atoms with Crippen molar-refractivity contribution in [2.45, 2.75) is 33.7 Å². The summed E-state index contributed by atoms with van der Waals surface area (Å²) in [6.45, 7) is 7.63. The van der Waals surface area contributed by atoms with Crippen molar-refractivity contribution in [3.05, 3.63) is 70.7 Å². The van der Waals surface area contributed by atoms with Gasteiger partial charge in [-0.25, -0.2) is 0 Å². The highest BCUT2D eigenvalue weighted by molar-refractivity contribution is 5.97. The maximum atomic E-state index is 12.6. The van der Waals surface area contributed by atoms with Crippen LogP contribution >= 0.6 is 0 Å². The van der Waals surface area contributed by atoms with Crippen LogP contribution in [0.2, 0.25) is 0 Å². The normalized spacial score (nSPS) is 12.3. The molecular weight excluding hydrogens is 286 g/mol. The van der Waals surface area contributed by atoms with Gasteiger partial charge in [0.25, 0.3) is 5.91 Å². The molecule has 0 aliphatic heterocycles. The first-order chi connectivity index (χ1) is 11.0. The molecule has 0 spiro atoms. The Balaban J connectivity index is 1.85. The number of hydrogen-bond donors (Lipinski definition) is 1. The summed E-state index contributed by atoms with van der Waals surface area (Å²) in [5.74, 6) is 1.38. The highest BCUT2D eigenvalue weighted by Gasteiger charge is 2.20. The Morgan fingerprint density at radius 1 is 1.00 bits per heavy atom. The number of carbonyl (C=O) groups excluding carboxylic acids is 1. The van der Waals surface area contributed by atoms with Crippen LogP contribution in [0.15, 0.2) is 46.9 Å². The molecule has 0 saturated carbocycles. The lowest BCUT2D eigenvalue weighted by Gasteiger charge is -2.15. The highest BCUT2D eigenvalue weighted by atomic mass is 16.3. The third-order valence-electron chi connectivity index (χ3n) is 4.41. The summed E-state index contributed by atoms with van der Waals surface area (Å²) in [5, 5.41) is 5.45. The van der Waals surface area contributed by atoms with Gasteiger partial charge in [-0.05, 0) is 50.1 Å². The summed E-state index contributed by atoms with van der Waals surface area (Å²) in [6.07, 6.45) is 0. The second kappa shape index (κ2) is 5.92. The van der Waals surface area contributed by atoms with Crippen molar-refractivity contribution >= 4 is 16.7 Å². The molecule has 2 aromatic carbocycles. The monoisotopic (exact) mass is 307 g/mol. The van der Waals surface area contributed by atoms with Gasteiger partial charge in [0.05, 0.1) is 11.6 Å². The molecule has 3 nitrogen and oxygen atoms in total. The van der Waals surface area contributed by atoms with Gasteiger partial charge >= 0.3 is 0 Å². The number of furan rings is 1. The molecule has 0 saturated heterocycles. The smallest absolute Gasteiger partial charge is 0.255 e. The number of hydrogen-bond acceptors (Lipinski definition) is 2. The minimum atomic E-state index is -0.0856. The van der Waals surface area contributed by atoms with E-state index < -0.39 is 0 Å². The minimum absolute atomic E-state index is 0.0684. The summed E-state index contributed by atoms with van der Waals surface area (Å²) >= 11 is 0. The topological polar surface area (TPSA) is 42.2 Å². The van der Waals surface area contributed by atoms with E-state index in [0.29, 0.717) is 11.3 Å². The summed E-state index contributed by atoms with van der Waals surface area (Å²) < 4.78 is 5.55. The zero-order valence-corrected chi connectivity index (χ0v) is 13.9. The number of carbonyl (C=O) groups is 1. The second-order valence-corrected chi connectivity index (χ2v) is 6.02. The van der Waals surface area contributed by atoms with Crippen molar-refractivity contribution in [1.29, 1.82) is 0 Å². The van der Waals surface area contributed by atoms with Crippen molar-refractivity contribution in [3.63, 3.8) is 0 Å². The van der Waals surface area contributed by atoms with Crippen LogP contribution in [-0.4, -0.2) is 5.91 Å². The van der Waals surface area contributed by atoms with Crippen LogP contribution in [0.5, 0.6) is 0 Å². The quantitative estimate of drug-likeness (QED) is 0.751. The van der Waals surface area contributed by atoms with Gasteiger partial charge in [0.15, 0.2) is 0 Å². The molecule has 0 radical (unpaired) electrons. The molecule has 0 bridgehead atoms. The molecule has 1 heterocycles. The van der Waals surface area contributed by atoms with E-state index in [-0.39, 0.29) is 11.9 Å². The average Bonchev–Trinajstić information content (AvgIpc) is 2.79. The van der Waals surface area contributed by atoms with Crippen molar-refractivity contribution in [1.82, 2.24) is 5.32 Å². The fourth-order valence-electron chi connectivity index (χ4n) is 2.96. The number of fused-ring (bicyclic) bond motifs is 1. The van der Waals surface area contributed by atoms with Crippen LogP contribution in [0.3, 0.4) is 0 Å². The number of amides is 1. The van der Waals surface area contributed by atoms with Crippen LogP contribution in [0.1, 0.15) is 46.0 Å². The zero-order valence-electron chi connectivity index (χ0n) is 13.9. The molecule has 118 valence electrons. The summed E-state index contributed by atoms with van der Waals surface area (Å²) in [5.41, 5.74) is 2.65. The SMILES string of the molecule is Cc1oc(C)c(C(=O)NC(C)c2ccc3ccccc3c2)c1C. The molecule has 0 aliphatic carbocycles. The van der Waals surface area contributed by atoms with E-state index in [1.54, 1.807) is 0 Å².